The number of hydrogen-bond acceptors (Lipinski definition) is 3. The number of nitrogens with one attached hydrogen (secondary N) is 2. The van der Waals surface area contributed by atoms with Gasteiger partial charge in [-0.2, -0.15) is 0 Å². The second-order valence-corrected chi connectivity index (χ2v) is 5.88. The molecule has 7 heteroatoms. The highest BCUT2D eigenvalue weighted by Gasteiger charge is 2.15. The van der Waals surface area contributed by atoms with E-state index >= 15 is 0 Å². The van der Waals surface area contributed by atoms with Crippen molar-refractivity contribution in [2.75, 3.05) is 5.32 Å². The highest BCUT2D eigenvalue weighted by molar-refractivity contribution is 5.95. The van der Waals surface area contributed by atoms with Crippen LogP contribution in [0, 0.1) is 17.5 Å². The summed E-state index contributed by atoms with van der Waals surface area (Å²) in [5.41, 5.74) is 0.956. The molecule has 2 aromatic carbocycles. The first kappa shape index (κ1) is 18.4. The number of rotatable bonds is 5. The Balaban J connectivity index is 1.75. The van der Waals surface area contributed by atoms with Crippen molar-refractivity contribution in [1.29, 1.82) is 0 Å². The number of aromatic nitrogens is 1. The van der Waals surface area contributed by atoms with Crippen LogP contribution in [0.4, 0.5) is 24.7 Å². The van der Waals surface area contributed by atoms with Crippen molar-refractivity contribution in [3.8, 4) is 0 Å². The molecule has 1 atom stereocenters. The molecule has 1 unspecified atom stereocenters. The summed E-state index contributed by atoms with van der Waals surface area (Å²) >= 11 is 0. The van der Waals surface area contributed by atoms with Gasteiger partial charge in [-0.3, -0.25) is 4.79 Å². The Labute approximate surface area is 154 Å². The van der Waals surface area contributed by atoms with E-state index in [2.05, 4.69) is 15.6 Å². The molecule has 0 fully saturated rings. The quantitative estimate of drug-likeness (QED) is 0.638. The van der Waals surface area contributed by atoms with Crippen LogP contribution in [0.5, 0.6) is 0 Å². The van der Waals surface area contributed by atoms with E-state index in [0.29, 0.717) is 5.56 Å². The molecule has 2 N–H and O–H groups in total. The third-order valence-corrected chi connectivity index (χ3v) is 3.97. The third-order valence-electron chi connectivity index (χ3n) is 3.97. The summed E-state index contributed by atoms with van der Waals surface area (Å²) in [6.45, 7) is 1.85. The van der Waals surface area contributed by atoms with Gasteiger partial charge in [0.1, 0.15) is 5.82 Å². The lowest BCUT2D eigenvalue weighted by Crippen LogP contribution is -2.26. The van der Waals surface area contributed by atoms with Crippen molar-refractivity contribution in [1.82, 2.24) is 10.3 Å². The summed E-state index contributed by atoms with van der Waals surface area (Å²) in [6, 6.07) is 14.0. The average molecular weight is 371 g/mol. The molecule has 27 heavy (non-hydrogen) atoms. The SMILES string of the molecule is CC(NC(=O)c1ccnc(Nc2ccc(F)c(F)c2F)c1)c1ccccc1. The first-order chi connectivity index (χ1) is 13.0. The molecular weight excluding hydrogens is 355 g/mol. The number of anilines is 2. The van der Waals surface area contributed by atoms with Gasteiger partial charge >= 0.3 is 0 Å². The molecule has 138 valence electrons. The van der Waals surface area contributed by atoms with Crippen molar-refractivity contribution in [2.45, 2.75) is 13.0 Å². The van der Waals surface area contributed by atoms with Gasteiger partial charge in [0.15, 0.2) is 17.5 Å². The monoisotopic (exact) mass is 371 g/mol. The van der Waals surface area contributed by atoms with Gasteiger partial charge in [0.05, 0.1) is 11.7 Å². The van der Waals surface area contributed by atoms with Gasteiger partial charge in [-0.1, -0.05) is 30.3 Å². The second-order valence-electron chi connectivity index (χ2n) is 5.88. The maximum absolute atomic E-state index is 13.8. The van der Waals surface area contributed by atoms with Crippen LogP contribution in [-0.4, -0.2) is 10.9 Å². The highest BCUT2D eigenvalue weighted by Crippen LogP contribution is 2.23. The molecule has 3 rings (SSSR count). The predicted molar refractivity (Wildman–Crippen MR) is 96.2 cm³/mol. The smallest absolute Gasteiger partial charge is 0.251 e. The summed E-state index contributed by atoms with van der Waals surface area (Å²) < 4.78 is 40.1. The molecule has 0 aliphatic rings. The number of carbonyl (C=O) groups is 1. The Bertz CT molecular complexity index is 964. The van der Waals surface area contributed by atoms with Gasteiger partial charge in [-0.15, -0.1) is 0 Å². The molecule has 0 saturated carbocycles. The van der Waals surface area contributed by atoms with Crippen molar-refractivity contribution in [3.63, 3.8) is 0 Å². The largest absolute Gasteiger partial charge is 0.346 e. The maximum atomic E-state index is 13.8. The van der Waals surface area contributed by atoms with Gasteiger partial charge in [-0.05, 0) is 36.8 Å². The van der Waals surface area contributed by atoms with E-state index in [-0.39, 0.29) is 23.5 Å². The van der Waals surface area contributed by atoms with E-state index in [1.165, 1.54) is 18.3 Å². The fraction of sp³-hybridized carbons (Fsp3) is 0.100. The van der Waals surface area contributed by atoms with Crippen molar-refractivity contribution < 1.29 is 18.0 Å². The Hall–Kier alpha value is -3.35. The predicted octanol–water partition coefficient (Wildman–Crippen LogP) is 4.73. The van der Waals surface area contributed by atoms with Gasteiger partial charge in [0, 0.05) is 11.8 Å². The van der Waals surface area contributed by atoms with Crippen LogP contribution in [0.1, 0.15) is 28.9 Å². The Kier molecular flexibility index (Phi) is 5.40. The summed E-state index contributed by atoms with van der Waals surface area (Å²) in [7, 11) is 0. The minimum absolute atomic E-state index is 0.125. The molecule has 0 bridgehead atoms. The molecular formula is C20H16F3N3O. The van der Waals surface area contributed by atoms with E-state index in [1.54, 1.807) is 0 Å². The molecule has 0 aliphatic carbocycles. The lowest BCUT2D eigenvalue weighted by atomic mass is 10.1. The van der Waals surface area contributed by atoms with Crippen LogP contribution < -0.4 is 10.6 Å². The lowest BCUT2D eigenvalue weighted by Gasteiger charge is -2.15. The van der Waals surface area contributed by atoms with Gasteiger partial charge in [0.25, 0.3) is 5.91 Å². The fourth-order valence-electron chi connectivity index (χ4n) is 2.51. The molecule has 0 saturated heterocycles. The summed E-state index contributed by atoms with van der Waals surface area (Å²) in [5.74, 6) is -4.44. The van der Waals surface area contributed by atoms with Crippen molar-refractivity contribution >= 4 is 17.4 Å². The minimum Gasteiger partial charge on any atom is -0.346 e. The molecule has 0 aliphatic heterocycles. The van der Waals surface area contributed by atoms with Crippen molar-refractivity contribution in [2.24, 2.45) is 0 Å². The first-order valence-corrected chi connectivity index (χ1v) is 8.18. The van der Waals surface area contributed by atoms with Gasteiger partial charge in [0.2, 0.25) is 0 Å². The summed E-state index contributed by atoms with van der Waals surface area (Å²) in [6.07, 6.45) is 1.36. The Morgan fingerprint density at radius 3 is 2.48 bits per heavy atom. The second kappa shape index (κ2) is 7.90. The molecule has 0 spiro atoms. The van der Waals surface area contributed by atoms with E-state index in [0.717, 1.165) is 17.7 Å². The van der Waals surface area contributed by atoms with E-state index in [4.69, 9.17) is 0 Å². The highest BCUT2D eigenvalue weighted by atomic mass is 19.2. The molecule has 1 heterocycles. The number of nitrogens with zero attached hydrogens (tertiary/aromatic N) is 1. The van der Waals surface area contributed by atoms with Crippen LogP contribution in [-0.2, 0) is 0 Å². The zero-order valence-corrected chi connectivity index (χ0v) is 14.3. The number of pyridine rings is 1. The van der Waals surface area contributed by atoms with Crippen LogP contribution in [0.2, 0.25) is 0 Å². The number of hydrogen-bond donors (Lipinski definition) is 2. The minimum atomic E-state index is -1.58. The van der Waals surface area contributed by atoms with E-state index < -0.39 is 17.5 Å². The normalized spacial score (nSPS) is 11.7. The van der Waals surface area contributed by atoms with Crippen molar-refractivity contribution in [3.05, 3.63) is 89.4 Å². The van der Waals surface area contributed by atoms with E-state index in [1.807, 2.05) is 37.3 Å². The van der Waals surface area contributed by atoms with Crippen LogP contribution in [0.15, 0.2) is 60.8 Å². The zero-order chi connectivity index (χ0) is 19.4. The molecule has 1 amide bonds. The third kappa shape index (κ3) is 4.25. The Morgan fingerprint density at radius 2 is 1.74 bits per heavy atom. The van der Waals surface area contributed by atoms with Crippen LogP contribution in [0.25, 0.3) is 0 Å². The first-order valence-electron chi connectivity index (χ1n) is 8.18. The molecule has 1 aromatic heterocycles. The number of amides is 1. The zero-order valence-electron chi connectivity index (χ0n) is 14.3. The fourth-order valence-corrected chi connectivity index (χ4v) is 2.51. The topological polar surface area (TPSA) is 54.0 Å². The standard InChI is InChI=1S/C20H16F3N3O/c1-12(13-5-3-2-4-6-13)25-20(27)14-9-10-24-17(11-14)26-16-8-7-15(21)18(22)19(16)23/h2-12H,1H3,(H,24,26)(H,25,27). The van der Waals surface area contributed by atoms with Gasteiger partial charge < -0.3 is 10.6 Å². The summed E-state index contributed by atoms with van der Waals surface area (Å²) in [4.78, 5) is 16.4. The molecule has 3 aromatic rings. The molecule has 0 radical (unpaired) electrons. The van der Waals surface area contributed by atoms with E-state index in [9.17, 15) is 18.0 Å². The van der Waals surface area contributed by atoms with Crippen LogP contribution >= 0.6 is 0 Å². The lowest BCUT2D eigenvalue weighted by molar-refractivity contribution is 0.0940. The Morgan fingerprint density at radius 1 is 1.00 bits per heavy atom. The maximum Gasteiger partial charge on any atom is 0.251 e. The number of carbonyl (C=O) groups excluding carboxylic acids is 1. The number of halogens is 3. The molecule has 4 nitrogen and oxygen atoms in total. The van der Waals surface area contributed by atoms with Gasteiger partial charge in [-0.25, -0.2) is 18.2 Å². The summed E-state index contributed by atoms with van der Waals surface area (Å²) in [5, 5.41) is 5.40. The average Bonchev–Trinajstić information content (AvgIpc) is 2.69. The van der Waals surface area contributed by atoms with Crippen LogP contribution in [0.3, 0.4) is 0 Å². The number of benzene rings is 2.